The van der Waals surface area contributed by atoms with Crippen molar-refractivity contribution in [3.05, 3.63) is 70.3 Å². The molecule has 0 saturated carbocycles. The molecule has 0 heterocycles. The van der Waals surface area contributed by atoms with Gasteiger partial charge in [0.1, 0.15) is 11.6 Å². The molecule has 2 aromatic rings. The zero-order chi connectivity index (χ0) is 14.7. The standard InChI is InChI=1S/C16H15F2NO/c1-10-3-6-13(15(18)7-10)16(20)19-9-12-5-4-11(2)14(17)8-12/h3-8H,9H2,1-2H3,(H,19,20). The van der Waals surface area contributed by atoms with Crippen LogP contribution in [-0.2, 0) is 6.54 Å². The highest BCUT2D eigenvalue weighted by Gasteiger charge is 2.11. The van der Waals surface area contributed by atoms with Crippen LogP contribution < -0.4 is 5.32 Å². The number of carbonyl (C=O) groups is 1. The lowest BCUT2D eigenvalue weighted by molar-refractivity contribution is 0.0947. The summed E-state index contributed by atoms with van der Waals surface area (Å²) in [7, 11) is 0. The van der Waals surface area contributed by atoms with Gasteiger partial charge in [0, 0.05) is 6.54 Å². The van der Waals surface area contributed by atoms with Crippen LogP contribution in [0, 0.1) is 25.5 Å². The van der Waals surface area contributed by atoms with Crippen molar-refractivity contribution in [1.29, 1.82) is 0 Å². The van der Waals surface area contributed by atoms with Crippen molar-refractivity contribution < 1.29 is 13.6 Å². The lowest BCUT2D eigenvalue weighted by atomic mass is 10.1. The molecule has 0 spiro atoms. The van der Waals surface area contributed by atoms with Crippen LogP contribution in [0.4, 0.5) is 8.78 Å². The van der Waals surface area contributed by atoms with Gasteiger partial charge in [0.25, 0.3) is 5.91 Å². The smallest absolute Gasteiger partial charge is 0.254 e. The highest BCUT2D eigenvalue weighted by molar-refractivity contribution is 5.94. The molecule has 2 nitrogen and oxygen atoms in total. The van der Waals surface area contributed by atoms with Crippen LogP contribution in [0.25, 0.3) is 0 Å². The molecule has 0 aromatic heterocycles. The highest BCUT2D eigenvalue weighted by Crippen LogP contribution is 2.11. The van der Waals surface area contributed by atoms with E-state index in [2.05, 4.69) is 5.32 Å². The zero-order valence-electron chi connectivity index (χ0n) is 11.3. The van der Waals surface area contributed by atoms with Crippen molar-refractivity contribution in [2.45, 2.75) is 20.4 Å². The minimum absolute atomic E-state index is 0.0109. The molecular formula is C16H15F2NO. The van der Waals surface area contributed by atoms with Crippen molar-refractivity contribution in [2.24, 2.45) is 0 Å². The molecule has 0 aliphatic heterocycles. The Bertz CT molecular complexity index is 653. The molecule has 20 heavy (non-hydrogen) atoms. The van der Waals surface area contributed by atoms with Gasteiger partial charge in [0.15, 0.2) is 0 Å². The Balaban J connectivity index is 2.06. The van der Waals surface area contributed by atoms with Crippen LogP contribution in [0.5, 0.6) is 0 Å². The first-order valence-corrected chi connectivity index (χ1v) is 6.27. The van der Waals surface area contributed by atoms with E-state index < -0.39 is 11.7 Å². The minimum Gasteiger partial charge on any atom is -0.348 e. The fourth-order valence-corrected chi connectivity index (χ4v) is 1.83. The molecular weight excluding hydrogens is 260 g/mol. The van der Waals surface area contributed by atoms with Crippen molar-refractivity contribution in [3.63, 3.8) is 0 Å². The second kappa shape index (κ2) is 5.82. The Labute approximate surface area is 116 Å². The topological polar surface area (TPSA) is 29.1 Å². The zero-order valence-corrected chi connectivity index (χ0v) is 11.3. The molecule has 2 aromatic carbocycles. The maximum atomic E-state index is 13.6. The summed E-state index contributed by atoms with van der Waals surface area (Å²) in [5, 5.41) is 2.58. The molecule has 0 bridgehead atoms. The third kappa shape index (κ3) is 3.20. The maximum absolute atomic E-state index is 13.6. The van der Waals surface area contributed by atoms with E-state index in [9.17, 15) is 13.6 Å². The SMILES string of the molecule is Cc1ccc(C(=O)NCc2ccc(C)c(F)c2)c(F)c1. The van der Waals surface area contributed by atoms with E-state index in [1.807, 2.05) is 0 Å². The number of hydrogen-bond donors (Lipinski definition) is 1. The van der Waals surface area contributed by atoms with Crippen molar-refractivity contribution in [2.75, 3.05) is 0 Å². The van der Waals surface area contributed by atoms with Gasteiger partial charge in [-0.05, 0) is 48.7 Å². The predicted molar refractivity (Wildman–Crippen MR) is 73.4 cm³/mol. The van der Waals surface area contributed by atoms with Gasteiger partial charge in [-0.3, -0.25) is 4.79 Å². The fourth-order valence-electron chi connectivity index (χ4n) is 1.83. The molecule has 0 aliphatic rings. The fraction of sp³-hybridized carbons (Fsp3) is 0.188. The first-order chi connectivity index (χ1) is 9.47. The third-order valence-corrected chi connectivity index (χ3v) is 3.06. The van der Waals surface area contributed by atoms with Crippen LogP contribution >= 0.6 is 0 Å². The van der Waals surface area contributed by atoms with E-state index in [-0.39, 0.29) is 17.9 Å². The van der Waals surface area contributed by atoms with Crippen LogP contribution in [0.3, 0.4) is 0 Å². The summed E-state index contributed by atoms with van der Waals surface area (Å²) < 4.78 is 27.0. The lowest BCUT2D eigenvalue weighted by Gasteiger charge is -2.07. The Morgan fingerprint density at radius 3 is 2.45 bits per heavy atom. The van der Waals surface area contributed by atoms with Gasteiger partial charge in [-0.2, -0.15) is 0 Å². The lowest BCUT2D eigenvalue weighted by Crippen LogP contribution is -2.24. The van der Waals surface area contributed by atoms with Crippen LogP contribution in [-0.4, -0.2) is 5.91 Å². The molecule has 1 amide bonds. The number of hydrogen-bond acceptors (Lipinski definition) is 1. The number of nitrogens with one attached hydrogen (secondary N) is 1. The molecule has 0 aliphatic carbocycles. The van der Waals surface area contributed by atoms with Crippen LogP contribution in [0.15, 0.2) is 36.4 Å². The van der Waals surface area contributed by atoms with Crippen LogP contribution in [0.1, 0.15) is 27.0 Å². The highest BCUT2D eigenvalue weighted by atomic mass is 19.1. The second-order valence-corrected chi connectivity index (χ2v) is 4.75. The van der Waals surface area contributed by atoms with E-state index in [4.69, 9.17) is 0 Å². The summed E-state index contributed by atoms with van der Waals surface area (Å²) >= 11 is 0. The van der Waals surface area contributed by atoms with E-state index in [1.54, 1.807) is 32.0 Å². The first kappa shape index (κ1) is 14.2. The second-order valence-electron chi connectivity index (χ2n) is 4.75. The summed E-state index contributed by atoms with van der Waals surface area (Å²) in [6.45, 7) is 3.57. The molecule has 0 saturated heterocycles. The summed E-state index contributed by atoms with van der Waals surface area (Å²) in [6, 6.07) is 9.15. The number of carbonyl (C=O) groups excluding carboxylic acids is 1. The van der Waals surface area contributed by atoms with E-state index in [0.29, 0.717) is 11.1 Å². The average molecular weight is 275 g/mol. The number of rotatable bonds is 3. The van der Waals surface area contributed by atoms with Gasteiger partial charge in [-0.25, -0.2) is 8.78 Å². The predicted octanol–water partition coefficient (Wildman–Crippen LogP) is 3.51. The Morgan fingerprint density at radius 1 is 1.05 bits per heavy atom. The van der Waals surface area contributed by atoms with Gasteiger partial charge in [-0.1, -0.05) is 18.2 Å². The monoisotopic (exact) mass is 275 g/mol. The van der Waals surface area contributed by atoms with Gasteiger partial charge in [-0.15, -0.1) is 0 Å². The molecule has 0 atom stereocenters. The van der Waals surface area contributed by atoms with E-state index >= 15 is 0 Å². The van der Waals surface area contributed by atoms with E-state index in [0.717, 1.165) is 5.56 Å². The van der Waals surface area contributed by atoms with E-state index in [1.165, 1.54) is 18.2 Å². The number of benzene rings is 2. The van der Waals surface area contributed by atoms with Gasteiger partial charge >= 0.3 is 0 Å². The Hall–Kier alpha value is -2.23. The molecule has 0 radical (unpaired) electrons. The minimum atomic E-state index is -0.558. The molecule has 104 valence electrons. The van der Waals surface area contributed by atoms with Gasteiger partial charge < -0.3 is 5.32 Å². The molecule has 0 unspecified atom stereocenters. The summed E-state index contributed by atoms with van der Waals surface area (Å²) in [6.07, 6.45) is 0. The van der Waals surface area contributed by atoms with Crippen molar-refractivity contribution in [3.8, 4) is 0 Å². The van der Waals surface area contributed by atoms with Gasteiger partial charge in [0.2, 0.25) is 0 Å². The Kier molecular flexibility index (Phi) is 4.13. The van der Waals surface area contributed by atoms with Crippen LogP contribution in [0.2, 0.25) is 0 Å². The number of aryl methyl sites for hydroxylation is 2. The number of halogens is 2. The summed E-state index contributed by atoms with van der Waals surface area (Å²) in [5.74, 6) is -1.39. The quantitative estimate of drug-likeness (QED) is 0.912. The molecule has 0 fully saturated rings. The maximum Gasteiger partial charge on any atom is 0.254 e. The number of amides is 1. The van der Waals surface area contributed by atoms with Crippen molar-refractivity contribution in [1.82, 2.24) is 5.32 Å². The average Bonchev–Trinajstić information content (AvgIpc) is 2.40. The molecule has 1 N–H and O–H groups in total. The third-order valence-electron chi connectivity index (χ3n) is 3.06. The molecule has 2 rings (SSSR count). The largest absolute Gasteiger partial charge is 0.348 e. The summed E-state index contributed by atoms with van der Waals surface area (Å²) in [4.78, 5) is 11.9. The van der Waals surface area contributed by atoms with Gasteiger partial charge in [0.05, 0.1) is 5.56 Å². The normalized spacial score (nSPS) is 10.4. The Morgan fingerprint density at radius 2 is 1.80 bits per heavy atom. The summed E-state index contributed by atoms with van der Waals surface area (Å²) in [5.41, 5.74) is 1.92. The molecule has 4 heteroatoms. The van der Waals surface area contributed by atoms with Crippen molar-refractivity contribution >= 4 is 5.91 Å². The first-order valence-electron chi connectivity index (χ1n) is 6.27.